The molecule has 1 heterocycles. The Labute approximate surface area is 161 Å². The summed E-state index contributed by atoms with van der Waals surface area (Å²) in [5, 5.41) is 6.49. The van der Waals surface area contributed by atoms with Gasteiger partial charge in [-0.1, -0.05) is 12.1 Å². The molecular formula is C20H32FN3O3. The smallest absolute Gasteiger partial charge is 0.191 e. The van der Waals surface area contributed by atoms with Gasteiger partial charge in [0.1, 0.15) is 6.10 Å². The summed E-state index contributed by atoms with van der Waals surface area (Å²) in [6, 6.07) is 6.40. The predicted molar refractivity (Wildman–Crippen MR) is 105 cm³/mol. The number of ether oxygens (including phenoxy) is 3. The van der Waals surface area contributed by atoms with Crippen LogP contribution in [0.3, 0.4) is 0 Å². The van der Waals surface area contributed by atoms with Crippen LogP contribution in [-0.2, 0) is 9.47 Å². The van der Waals surface area contributed by atoms with Crippen molar-refractivity contribution in [2.24, 2.45) is 10.9 Å². The second kappa shape index (κ2) is 12.5. The third-order valence-electron chi connectivity index (χ3n) is 4.15. The zero-order valence-electron chi connectivity index (χ0n) is 16.4. The van der Waals surface area contributed by atoms with Gasteiger partial charge in [-0.05, 0) is 38.8 Å². The van der Waals surface area contributed by atoms with Gasteiger partial charge in [0.25, 0.3) is 0 Å². The number of guanidine groups is 1. The van der Waals surface area contributed by atoms with Crippen LogP contribution >= 0.6 is 0 Å². The third-order valence-corrected chi connectivity index (χ3v) is 4.15. The van der Waals surface area contributed by atoms with Gasteiger partial charge in [-0.3, -0.25) is 0 Å². The molecule has 0 spiro atoms. The van der Waals surface area contributed by atoms with E-state index in [1.165, 1.54) is 6.07 Å². The standard InChI is InChI=1S/C20H32FN3O3/c1-3-22-20(23-10-6-11-25-14-17-9-12-26-15-17)24-13-16(2)27-19-8-5-4-7-18(19)21/h4-5,7-8,16-17H,3,6,9-15H2,1-2H3,(H2,22,23,24). The van der Waals surface area contributed by atoms with Gasteiger partial charge in [0.2, 0.25) is 0 Å². The molecule has 1 aromatic rings. The van der Waals surface area contributed by atoms with Crippen molar-refractivity contribution >= 4 is 5.96 Å². The number of benzene rings is 1. The first kappa shape index (κ1) is 21.4. The number of rotatable bonds is 11. The van der Waals surface area contributed by atoms with Gasteiger partial charge in [0.15, 0.2) is 17.5 Å². The zero-order valence-corrected chi connectivity index (χ0v) is 16.4. The first-order valence-corrected chi connectivity index (χ1v) is 9.78. The fourth-order valence-electron chi connectivity index (χ4n) is 2.70. The van der Waals surface area contributed by atoms with E-state index in [1.54, 1.807) is 18.2 Å². The fourth-order valence-corrected chi connectivity index (χ4v) is 2.70. The molecule has 7 heteroatoms. The van der Waals surface area contributed by atoms with Gasteiger partial charge in [0, 0.05) is 32.2 Å². The lowest BCUT2D eigenvalue weighted by atomic mass is 10.1. The van der Waals surface area contributed by atoms with Gasteiger partial charge < -0.3 is 24.8 Å². The lowest BCUT2D eigenvalue weighted by Gasteiger charge is -2.15. The maximum Gasteiger partial charge on any atom is 0.191 e. The highest BCUT2D eigenvalue weighted by molar-refractivity contribution is 5.79. The summed E-state index contributed by atoms with van der Waals surface area (Å²) in [7, 11) is 0. The second-order valence-corrected chi connectivity index (χ2v) is 6.66. The van der Waals surface area contributed by atoms with E-state index in [-0.39, 0.29) is 17.7 Å². The molecule has 1 aliphatic rings. The Balaban J connectivity index is 1.64. The molecule has 0 bridgehead atoms. The molecule has 2 unspecified atom stereocenters. The van der Waals surface area contributed by atoms with Gasteiger partial charge in [-0.15, -0.1) is 0 Å². The quantitative estimate of drug-likeness (QED) is 0.350. The molecule has 1 saturated heterocycles. The molecule has 2 rings (SSSR count). The average Bonchev–Trinajstić information content (AvgIpc) is 3.18. The molecule has 0 aliphatic carbocycles. The SMILES string of the molecule is CCNC(=NCC(C)Oc1ccccc1F)NCCCOCC1CCOC1. The first-order valence-electron chi connectivity index (χ1n) is 9.78. The number of hydrogen-bond donors (Lipinski definition) is 2. The molecule has 0 aromatic heterocycles. The zero-order chi connectivity index (χ0) is 19.3. The van der Waals surface area contributed by atoms with E-state index in [2.05, 4.69) is 15.6 Å². The monoisotopic (exact) mass is 381 g/mol. The Morgan fingerprint density at radius 3 is 2.96 bits per heavy atom. The third kappa shape index (κ3) is 8.58. The Kier molecular flexibility index (Phi) is 9.94. The minimum absolute atomic E-state index is 0.227. The summed E-state index contributed by atoms with van der Waals surface area (Å²) >= 11 is 0. The van der Waals surface area contributed by atoms with Crippen molar-refractivity contribution in [3.05, 3.63) is 30.1 Å². The Morgan fingerprint density at radius 1 is 1.37 bits per heavy atom. The van der Waals surface area contributed by atoms with Crippen LogP contribution in [0.4, 0.5) is 4.39 Å². The van der Waals surface area contributed by atoms with E-state index in [1.807, 2.05) is 13.8 Å². The van der Waals surface area contributed by atoms with E-state index >= 15 is 0 Å². The highest BCUT2D eigenvalue weighted by Gasteiger charge is 2.15. The van der Waals surface area contributed by atoms with Gasteiger partial charge in [-0.2, -0.15) is 0 Å². The molecule has 2 N–H and O–H groups in total. The van der Waals surface area contributed by atoms with Crippen LogP contribution in [0.1, 0.15) is 26.7 Å². The molecule has 152 valence electrons. The summed E-state index contributed by atoms with van der Waals surface area (Å²) < 4.78 is 30.3. The molecule has 6 nitrogen and oxygen atoms in total. The molecule has 0 radical (unpaired) electrons. The van der Waals surface area contributed by atoms with Gasteiger partial charge in [0.05, 0.1) is 19.8 Å². The van der Waals surface area contributed by atoms with Gasteiger partial charge in [-0.25, -0.2) is 9.38 Å². The minimum atomic E-state index is -0.359. The molecular weight excluding hydrogens is 349 g/mol. The number of para-hydroxylation sites is 1. The average molecular weight is 381 g/mol. The number of nitrogens with one attached hydrogen (secondary N) is 2. The summed E-state index contributed by atoms with van der Waals surface area (Å²) in [6.07, 6.45) is 1.77. The summed E-state index contributed by atoms with van der Waals surface area (Å²) in [5.74, 6) is 1.17. The van der Waals surface area contributed by atoms with Crippen LogP contribution in [0, 0.1) is 11.7 Å². The van der Waals surface area contributed by atoms with E-state index in [4.69, 9.17) is 14.2 Å². The predicted octanol–water partition coefficient (Wildman–Crippen LogP) is 2.59. The van der Waals surface area contributed by atoms with Crippen LogP contribution in [-0.4, -0.2) is 58.1 Å². The van der Waals surface area contributed by atoms with E-state index in [9.17, 15) is 4.39 Å². The van der Waals surface area contributed by atoms with Crippen molar-refractivity contribution in [3.63, 3.8) is 0 Å². The summed E-state index contributed by atoms with van der Waals surface area (Å²) in [6.45, 7) is 9.04. The molecule has 0 amide bonds. The highest BCUT2D eigenvalue weighted by atomic mass is 19.1. The summed E-state index contributed by atoms with van der Waals surface area (Å²) in [4.78, 5) is 4.51. The van der Waals surface area contributed by atoms with Crippen molar-refractivity contribution in [1.82, 2.24) is 10.6 Å². The maximum absolute atomic E-state index is 13.6. The van der Waals surface area contributed by atoms with Crippen molar-refractivity contribution in [1.29, 1.82) is 0 Å². The molecule has 2 atom stereocenters. The van der Waals surface area contributed by atoms with Crippen molar-refractivity contribution in [2.45, 2.75) is 32.8 Å². The number of halogens is 1. The van der Waals surface area contributed by atoms with Crippen LogP contribution in [0.2, 0.25) is 0 Å². The van der Waals surface area contributed by atoms with Crippen molar-refractivity contribution in [3.8, 4) is 5.75 Å². The molecule has 1 fully saturated rings. The highest BCUT2D eigenvalue weighted by Crippen LogP contribution is 2.17. The molecule has 0 saturated carbocycles. The maximum atomic E-state index is 13.6. The topological polar surface area (TPSA) is 64.1 Å². The van der Waals surface area contributed by atoms with E-state index < -0.39 is 0 Å². The van der Waals surface area contributed by atoms with Crippen molar-refractivity contribution in [2.75, 3.05) is 46.1 Å². The number of aliphatic imine (C=N–C) groups is 1. The van der Waals surface area contributed by atoms with Crippen LogP contribution < -0.4 is 15.4 Å². The largest absolute Gasteiger partial charge is 0.486 e. The minimum Gasteiger partial charge on any atom is -0.486 e. The number of nitrogens with zero attached hydrogens (tertiary/aromatic N) is 1. The lowest BCUT2D eigenvalue weighted by molar-refractivity contribution is 0.0888. The van der Waals surface area contributed by atoms with Crippen LogP contribution in [0.25, 0.3) is 0 Å². The van der Waals surface area contributed by atoms with E-state index in [0.717, 1.165) is 58.3 Å². The lowest BCUT2D eigenvalue weighted by Crippen LogP contribution is -2.38. The molecule has 1 aliphatic heterocycles. The van der Waals surface area contributed by atoms with Crippen LogP contribution in [0.15, 0.2) is 29.3 Å². The Morgan fingerprint density at radius 2 is 2.22 bits per heavy atom. The normalized spacial score (nSPS) is 18.3. The van der Waals surface area contributed by atoms with E-state index in [0.29, 0.717) is 12.5 Å². The fraction of sp³-hybridized carbons (Fsp3) is 0.650. The first-order chi connectivity index (χ1) is 13.2. The summed E-state index contributed by atoms with van der Waals surface area (Å²) in [5.41, 5.74) is 0. The Bertz CT molecular complexity index is 565. The molecule has 1 aromatic carbocycles. The Hall–Kier alpha value is -1.86. The second-order valence-electron chi connectivity index (χ2n) is 6.66. The van der Waals surface area contributed by atoms with Crippen LogP contribution in [0.5, 0.6) is 5.75 Å². The number of hydrogen-bond acceptors (Lipinski definition) is 4. The molecule has 27 heavy (non-hydrogen) atoms. The van der Waals surface area contributed by atoms with Gasteiger partial charge >= 0.3 is 0 Å². The van der Waals surface area contributed by atoms with Crippen molar-refractivity contribution < 1.29 is 18.6 Å².